The molecule has 0 unspecified atom stereocenters. The van der Waals surface area contributed by atoms with E-state index in [1.54, 1.807) is 12.1 Å². The van der Waals surface area contributed by atoms with Crippen LogP contribution in [0, 0.1) is 10.8 Å². The Morgan fingerprint density at radius 1 is 0.656 bits per heavy atom. The zero-order valence-electron chi connectivity index (χ0n) is 17.1. The summed E-state index contributed by atoms with van der Waals surface area (Å²) >= 11 is 0. The minimum absolute atomic E-state index is 0.0361. The average molecular weight is 420 g/mol. The second-order valence-electron chi connectivity index (χ2n) is 7.55. The number of hydrogen-bond acceptors (Lipinski definition) is 4. The number of rotatable bonds is 5. The maximum Gasteiger partial charge on any atom is 0.135 e. The molecule has 0 atom stereocenters. The molecule has 0 saturated carbocycles. The topological polar surface area (TPSA) is 126 Å². The van der Waals surface area contributed by atoms with Crippen molar-refractivity contribution in [2.45, 2.75) is 0 Å². The first-order valence-electron chi connectivity index (χ1n) is 10.0. The van der Waals surface area contributed by atoms with Crippen LogP contribution >= 0.6 is 0 Å². The van der Waals surface area contributed by atoms with Gasteiger partial charge >= 0.3 is 0 Å². The SMILES string of the molecule is N=C(N)c1ccc2oc(/C=C\c3ccc(-c4cc5cc(C(=N)N)ccc5o4)cc3)cc2c1. The van der Waals surface area contributed by atoms with Gasteiger partial charge in [0.1, 0.15) is 34.4 Å². The molecule has 32 heavy (non-hydrogen) atoms. The highest BCUT2D eigenvalue weighted by Gasteiger charge is 2.08. The van der Waals surface area contributed by atoms with Crippen LogP contribution in [0.5, 0.6) is 0 Å². The highest BCUT2D eigenvalue weighted by atomic mass is 16.3. The van der Waals surface area contributed by atoms with E-state index >= 15 is 0 Å². The quantitative estimate of drug-likeness (QED) is 0.218. The molecule has 0 spiro atoms. The van der Waals surface area contributed by atoms with Gasteiger partial charge in [-0.05, 0) is 60.2 Å². The lowest BCUT2D eigenvalue weighted by atomic mass is 10.1. The van der Waals surface area contributed by atoms with Crippen molar-refractivity contribution in [1.82, 2.24) is 0 Å². The van der Waals surface area contributed by atoms with Gasteiger partial charge in [0.2, 0.25) is 0 Å². The lowest BCUT2D eigenvalue weighted by Crippen LogP contribution is -2.10. The molecule has 0 saturated heterocycles. The molecule has 0 aliphatic rings. The van der Waals surface area contributed by atoms with Gasteiger partial charge in [0.25, 0.3) is 0 Å². The molecule has 3 aromatic carbocycles. The number of benzene rings is 3. The van der Waals surface area contributed by atoms with E-state index in [1.807, 2.05) is 72.8 Å². The van der Waals surface area contributed by atoms with Crippen LogP contribution in [0.15, 0.2) is 81.6 Å². The van der Waals surface area contributed by atoms with Gasteiger partial charge in [-0.15, -0.1) is 0 Å². The zero-order valence-corrected chi connectivity index (χ0v) is 17.1. The monoisotopic (exact) mass is 420 g/mol. The van der Waals surface area contributed by atoms with E-state index in [0.717, 1.165) is 44.6 Å². The van der Waals surface area contributed by atoms with E-state index in [9.17, 15) is 0 Å². The molecule has 0 fully saturated rings. The molecule has 6 heteroatoms. The smallest absolute Gasteiger partial charge is 0.135 e. The molecule has 0 radical (unpaired) electrons. The molecule has 0 amide bonds. The van der Waals surface area contributed by atoms with Crippen molar-refractivity contribution < 1.29 is 8.83 Å². The fraction of sp³-hybridized carbons (Fsp3) is 0. The van der Waals surface area contributed by atoms with E-state index in [2.05, 4.69) is 0 Å². The number of nitrogens with one attached hydrogen (secondary N) is 2. The summed E-state index contributed by atoms with van der Waals surface area (Å²) in [6.07, 6.45) is 3.89. The number of furan rings is 2. The van der Waals surface area contributed by atoms with Crippen molar-refractivity contribution in [1.29, 1.82) is 10.8 Å². The minimum Gasteiger partial charge on any atom is -0.457 e. The lowest BCUT2D eigenvalue weighted by molar-refractivity contribution is 0.604. The normalized spacial score (nSPS) is 11.5. The van der Waals surface area contributed by atoms with Crippen LogP contribution in [0.3, 0.4) is 0 Å². The van der Waals surface area contributed by atoms with Gasteiger partial charge in [-0.25, -0.2) is 0 Å². The first-order valence-corrected chi connectivity index (χ1v) is 10.0. The summed E-state index contributed by atoms with van der Waals surface area (Å²) in [6.45, 7) is 0. The van der Waals surface area contributed by atoms with Gasteiger partial charge in [0.05, 0.1) is 0 Å². The van der Waals surface area contributed by atoms with Crippen molar-refractivity contribution in [3.63, 3.8) is 0 Å². The average Bonchev–Trinajstić information content (AvgIpc) is 3.40. The maximum atomic E-state index is 7.59. The fourth-order valence-corrected chi connectivity index (χ4v) is 3.60. The molecule has 0 aliphatic heterocycles. The third kappa shape index (κ3) is 3.65. The van der Waals surface area contributed by atoms with E-state index in [-0.39, 0.29) is 11.7 Å². The van der Waals surface area contributed by atoms with Gasteiger partial charge in [0, 0.05) is 27.5 Å². The van der Waals surface area contributed by atoms with Crippen LogP contribution in [-0.4, -0.2) is 11.7 Å². The van der Waals surface area contributed by atoms with Crippen LogP contribution in [0.2, 0.25) is 0 Å². The molecule has 2 aromatic heterocycles. The second-order valence-corrected chi connectivity index (χ2v) is 7.55. The number of nitrogen functional groups attached to an aromatic ring is 2. The standard InChI is InChI=1S/C26H20N4O2/c27-25(28)17-6-9-22-19(11-17)13-21(31-22)8-3-15-1-4-16(5-2-15)24-14-20-12-18(26(29)30)7-10-23(20)32-24/h1-14H,(H3,27,28)(H3,29,30)/b8-3-. The number of fused-ring (bicyclic) bond motifs is 2. The summed E-state index contributed by atoms with van der Waals surface area (Å²) in [6, 6.07) is 22.8. The molecular formula is C26H20N4O2. The van der Waals surface area contributed by atoms with E-state index in [1.165, 1.54) is 0 Å². The molecule has 156 valence electrons. The van der Waals surface area contributed by atoms with Crippen LogP contribution in [-0.2, 0) is 0 Å². The molecule has 0 aliphatic carbocycles. The highest BCUT2D eigenvalue weighted by Crippen LogP contribution is 2.29. The van der Waals surface area contributed by atoms with Crippen molar-refractivity contribution in [3.05, 3.63) is 95.2 Å². The molecule has 5 aromatic rings. The number of amidine groups is 2. The van der Waals surface area contributed by atoms with Crippen LogP contribution in [0.4, 0.5) is 0 Å². The van der Waals surface area contributed by atoms with Gasteiger partial charge < -0.3 is 20.3 Å². The Morgan fingerprint density at radius 2 is 1.25 bits per heavy atom. The van der Waals surface area contributed by atoms with Gasteiger partial charge in [-0.2, -0.15) is 0 Å². The molecule has 6 N–H and O–H groups in total. The first-order chi connectivity index (χ1) is 15.5. The Bertz CT molecular complexity index is 1520. The fourth-order valence-electron chi connectivity index (χ4n) is 3.60. The molecule has 6 nitrogen and oxygen atoms in total. The van der Waals surface area contributed by atoms with E-state index in [4.69, 9.17) is 31.1 Å². The number of hydrogen-bond donors (Lipinski definition) is 4. The van der Waals surface area contributed by atoms with Gasteiger partial charge in [-0.3, -0.25) is 10.8 Å². The zero-order chi connectivity index (χ0) is 22.2. The Morgan fingerprint density at radius 3 is 1.88 bits per heavy atom. The predicted molar refractivity (Wildman–Crippen MR) is 129 cm³/mol. The van der Waals surface area contributed by atoms with Crippen molar-refractivity contribution >= 4 is 45.8 Å². The van der Waals surface area contributed by atoms with Crippen molar-refractivity contribution in [3.8, 4) is 11.3 Å². The van der Waals surface area contributed by atoms with Crippen molar-refractivity contribution in [2.75, 3.05) is 0 Å². The van der Waals surface area contributed by atoms with Gasteiger partial charge in [-0.1, -0.05) is 30.3 Å². The summed E-state index contributed by atoms with van der Waals surface area (Å²) in [5.41, 5.74) is 16.0. The molecular weight excluding hydrogens is 400 g/mol. The van der Waals surface area contributed by atoms with Gasteiger partial charge in [0.15, 0.2) is 0 Å². The Balaban J connectivity index is 1.37. The van der Waals surface area contributed by atoms with Crippen LogP contribution < -0.4 is 11.5 Å². The third-order valence-electron chi connectivity index (χ3n) is 5.31. The summed E-state index contributed by atoms with van der Waals surface area (Å²) in [5.74, 6) is 1.56. The summed E-state index contributed by atoms with van der Waals surface area (Å²) in [7, 11) is 0. The lowest BCUT2D eigenvalue weighted by Gasteiger charge is -1.98. The maximum absolute atomic E-state index is 7.59. The minimum atomic E-state index is 0.0361. The predicted octanol–water partition coefficient (Wildman–Crippen LogP) is 5.58. The highest BCUT2D eigenvalue weighted by molar-refractivity contribution is 5.99. The largest absolute Gasteiger partial charge is 0.457 e. The molecule has 5 rings (SSSR count). The summed E-state index contributed by atoms with van der Waals surface area (Å²) in [4.78, 5) is 0. The van der Waals surface area contributed by atoms with Crippen LogP contribution in [0.1, 0.15) is 22.5 Å². The van der Waals surface area contributed by atoms with Crippen LogP contribution in [0.25, 0.3) is 45.4 Å². The Labute approximate surface area is 183 Å². The Kier molecular flexibility index (Phi) is 4.60. The number of nitrogens with two attached hydrogens (primary N) is 2. The summed E-state index contributed by atoms with van der Waals surface area (Å²) in [5, 5.41) is 17.0. The molecule has 2 heterocycles. The first kappa shape index (κ1) is 19.4. The molecule has 0 bridgehead atoms. The summed E-state index contributed by atoms with van der Waals surface area (Å²) < 4.78 is 11.8. The third-order valence-corrected chi connectivity index (χ3v) is 5.31. The Hall–Kier alpha value is -4.58. The van der Waals surface area contributed by atoms with E-state index in [0.29, 0.717) is 11.1 Å². The van der Waals surface area contributed by atoms with E-state index < -0.39 is 0 Å². The van der Waals surface area contributed by atoms with Crippen molar-refractivity contribution in [2.24, 2.45) is 11.5 Å². The second kappa shape index (κ2) is 7.59.